The Morgan fingerprint density at radius 3 is 2.64 bits per heavy atom. The quantitative estimate of drug-likeness (QED) is 0.846. The van der Waals surface area contributed by atoms with E-state index >= 15 is 0 Å². The van der Waals surface area contributed by atoms with Gasteiger partial charge >= 0.3 is 12.1 Å². The molecule has 2 rings (SSSR count). The molecule has 0 atom stereocenters. The van der Waals surface area contributed by atoms with E-state index in [1.165, 1.54) is 0 Å². The number of fused-ring (bicyclic) bond motifs is 1. The fraction of sp³-hybridized carbons (Fsp3) is 0.500. The second-order valence-electron chi connectivity index (χ2n) is 6.76. The van der Waals surface area contributed by atoms with Crippen LogP contribution >= 0.6 is 0 Å². The smallest absolute Gasteiger partial charge is 0.429 e. The van der Waals surface area contributed by atoms with E-state index in [9.17, 15) is 14.4 Å². The third kappa shape index (κ3) is 4.95. The first-order valence-electron chi connectivity index (χ1n) is 8.29. The highest BCUT2D eigenvalue weighted by molar-refractivity contribution is 5.99. The molecule has 1 aromatic carbocycles. The monoisotopic (exact) mass is 348 g/mol. The van der Waals surface area contributed by atoms with Crippen molar-refractivity contribution in [2.24, 2.45) is 0 Å². The molecule has 2 amide bonds. The number of nitrogens with one attached hydrogen (secondary N) is 1. The predicted molar refractivity (Wildman–Crippen MR) is 90.6 cm³/mol. The van der Waals surface area contributed by atoms with Crippen LogP contribution in [0, 0.1) is 0 Å². The Hall–Kier alpha value is -2.57. The van der Waals surface area contributed by atoms with Gasteiger partial charge in [0.05, 0.1) is 13.2 Å². The van der Waals surface area contributed by atoms with Crippen LogP contribution in [0.25, 0.3) is 0 Å². The SMILES string of the molecule is CCOC(=O)CCc1cccc2c1C(=O)NN(C(=O)OC(C)(C)C)C2. The van der Waals surface area contributed by atoms with Crippen LogP contribution in [0.5, 0.6) is 0 Å². The van der Waals surface area contributed by atoms with Crippen molar-refractivity contribution < 1.29 is 23.9 Å². The minimum absolute atomic E-state index is 0.202. The molecule has 1 aromatic rings. The molecule has 1 heterocycles. The third-order valence-corrected chi connectivity index (χ3v) is 3.55. The van der Waals surface area contributed by atoms with E-state index < -0.39 is 11.7 Å². The van der Waals surface area contributed by atoms with E-state index in [0.717, 1.165) is 16.1 Å². The molecule has 0 bridgehead atoms. The number of carbonyl (C=O) groups excluding carboxylic acids is 3. The van der Waals surface area contributed by atoms with Crippen LogP contribution in [0.15, 0.2) is 18.2 Å². The van der Waals surface area contributed by atoms with Crippen molar-refractivity contribution in [3.63, 3.8) is 0 Å². The van der Waals surface area contributed by atoms with Gasteiger partial charge in [0, 0.05) is 12.0 Å². The standard InChI is InChI=1S/C18H24N2O5/c1-5-24-14(21)10-9-12-7-6-8-13-11-20(19-16(22)15(12)13)17(23)25-18(2,3)4/h6-8H,5,9-11H2,1-4H3,(H,19,22). The van der Waals surface area contributed by atoms with E-state index in [-0.39, 0.29) is 24.8 Å². The Morgan fingerprint density at radius 2 is 2.00 bits per heavy atom. The van der Waals surface area contributed by atoms with Crippen molar-refractivity contribution in [1.29, 1.82) is 0 Å². The number of hydrogen-bond donors (Lipinski definition) is 1. The molecule has 136 valence electrons. The number of benzene rings is 1. The lowest BCUT2D eigenvalue weighted by atomic mass is 9.95. The molecule has 0 unspecified atom stereocenters. The lowest BCUT2D eigenvalue weighted by Gasteiger charge is -2.31. The summed E-state index contributed by atoms with van der Waals surface area (Å²) < 4.78 is 10.2. The number of ether oxygens (including phenoxy) is 2. The molecule has 0 aliphatic carbocycles. The first-order chi connectivity index (χ1) is 11.7. The van der Waals surface area contributed by atoms with Crippen molar-refractivity contribution in [2.75, 3.05) is 6.61 Å². The van der Waals surface area contributed by atoms with Crippen LogP contribution in [0.2, 0.25) is 0 Å². The largest absolute Gasteiger partial charge is 0.466 e. The number of aryl methyl sites for hydroxylation is 1. The minimum Gasteiger partial charge on any atom is -0.466 e. The second kappa shape index (κ2) is 7.55. The van der Waals surface area contributed by atoms with Gasteiger partial charge in [0.25, 0.3) is 5.91 Å². The maximum Gasteiger partial charge on any atom is 0.429 e. The van der Waals surface area contributed by atoms with Crippen molar-refractivity contribution in [1.82, 2.24) is 10.4 Å². The van der Waals surface area contributed by atoms with Crippen LogP contribution < -0.4 is 5.43 Å². The molecule has 1 N–H and O–H groups in total. The number of esters is 1. The van der Waals surface area contributed by atoms with Crippen molar-refractivity contribution in [3.05, 3.63) is 34.9 Å². The molecule has 0 fully saturated rings. The van der Waals surface area contributed by atoms with E-state index in [1.54, 1.807) is 39.8 Å². The Balaban J connectivity index is 2.15. The van der Waals surface area contributed by atoms with Crippen molar-refractivity contribution >= 4 is 18.0 Å². The fourth-order valence-electron chi connectivity index (χ4n) is 2.57. The number of hydrazine groups is 1. The lowest BCUT2D eigenvalue weighted by Crippen LogP contribution is -2.51. The van der Waals surface area contributed by atoms with Gasteiger partial charge in [-0.15, -0.1) is 0 Å². The molecular formula is C18H24N2O5. The molecule has 1 aliphatic heterocycles. The molecular weight excluding hydrogens is 324 g/mol. The zero-order valence-corrected chi connectivity index (χ0v) is 15.0. The highest BCUT2D eigenvalue weighted by Gasteiger charge is 2.30. The van der Waals surface area contributed by atoms with Gasteiger partial charge in [-0.1, -0.05) is 18.2 Å². The van der Waals surface area contributed by atoms with E-state index in [2.05, 4.69) is 5.43 Å². The minimum atomic E-state index is -0.649. The normalized spacial score (nSPS) is 13.8. The van der Waals surface area contributed by atoms with Gasteiger partial charge in [-0.2, -0.15) is 0 Å². The molecule has 0 radical (unpaired) electrons. The maximum absolute atomic E-state index is 12.5. The first-order valence-corrected chi connectivity index (χ1v) is 8.29. The highest BCUT2D eigenvalue weighted by Crippen LogP contribution is 2.23. The molecule has 0 saturated heterocycles. The molecule has 1 aliphatic rings. The van der Waals surface area contributed by atoms with E-state index in [0.29, 0.717) is 18.6 Å². The highest BCUT2D eigenvalue weighted by atomic mass is 16.6. The summed E-state index contributed by atoms with van der Waals surface area (Å²) in [6, 6.07) is 5.41. The summed E-state index contributed by atoms with van der Waals surface area (Å²) in [5.41, 5.74) is 3.88. The van der Waals surface area contributed by atoms with Gasteiger partial charge in [0.15, 0.2) is 0 Å². The number of rotatable bonds is 4. The maximum atomic E-state index is 12.5. The van der Waals surface area contributed by atoms with Crippen LogP contribution in [-0.4, -0.2) is 35.2 Å². The number of nitrogens with zero attached hydrogens (tertiary/aromatic N) is 1. The Kier molecular flexibility index (Phi) is 5.66. The first kappa shape index (κ1) is 18.8. The average Bonchev–Trinajstić information content (AvgIpc) is 2.51. The lowest BCUT2D eigenvalue weighted by molar-refractivity contribution is -0.143. The number of hydrogen-bond acceptors (Lipinski definition) is 5. The van der Waals surface area contributed by atoms with Gasteiger partial charge < -0.3 is 9.47 Å². The van der Waals surface area contributed by atoms with Gasteiger partial charge in [-0.25, -0.2) is 9.80 Å². The summed E-state index contributed by atoms with van der Waals surface area (Å²) >= 11 is 0. The molecule has 25 heavy (non-hydrogen) atoms. The van der Waals surface area contributed by atoms with E-state index in [4.69, 9.17) is 9.47 Å². The Labute approximate surface area is 147 Å². The van der Waals surface area contributed by atoms with E-state index in [1.807, 2.05) is 6.07 Å². The summed E-state index contributed by atoms with van der Waals surface area (Å²) in [7, 11) is 0. The molecule has 0 spiro atoms. The molecule has 7 nitrogen and oxygen atoms in total. The van der Waals surface area contributed by atoms with Gasteiger partial charge in [-0.3, -0.25) is 15.0 Å². The van der Waals surface area contributed by atoms with Crippen LogP contribution in [0.3, 0.4) is 0 Å². The fourth-order valence-corrected chi connectivity index (χ4v) is 2.57. The van der Waals surface area contributed by atoms with Gasteiger partial charge in [0.1, 0.15) is 5.60 Å². The van der Waals surface area contributed by atoms with Crippen LogP contribution in [-0.2, 0) is 27.2 Å². The zero-order valence-electron chi connectivity index (χ0n) is 15.0. The van der Waals surface area contributed by atoms with Crippen molar-refractivity contribution in [2.45, 2.75) is 52.7 Å². The third-order valence-electron chi connectivity index (χ3n) is 3.55. The Morgan fingerprint density at radius 1 is 1.28 bits per heavy atom. The molecule has 0 saturated carbocycles. The summed E-state index contributed by atoms with van der Waals surface area (Å²) in [4.78, 5) is 36.2. The van der Waals surface area contributed by atoms with Crippen LogP contribution in [0.4, 0.5) is 4.79 Å². The van der Waals surface area contributed by atoms with Gasteiger partial charge in [-0.05, 0) is 45.2 Å². The number of amides is 2. The van der Waals surface area contributed by atoms with Gasteiger partial charge in [0.2, 0.25) is 0 Å². The summed E-state index contributed by atoms with van der Waals surface area (Å²) in [5.74, 6) is -0.682. The molecule has 7 heteroatoms. The Bertz CT molecular complexity index is 679. The molecule has 0 aromatic heterocycles. The predicted octanol–water partition coefficient (Wildman–Crippen LogP) is 2.58. The second-order valence-corrected chi connectivity index (χ2v) is 6.76. The summed E-state index contributed by atoms with van der Waals surface area (Å²) in [5, 5.41) is 1.16. The topological polar surface area (TPSA) is 84.9 Å². The summed E-state index contributed by atoms with van der Waals surface area (Å²) in [6.07, 6.45) is -0.00157. The summed E-state index contributed by atoms with van der Waals surface area (Å²) in [6.45, 7) is 7.58. The van der Waals surface area contributed by atoms with Crippen LogP contribution in [0.1, 0.15) is 55.6 Å². The zero-order chi connectivity index (χ0) is 18.6. The number of carbonyl (C=O) groups is 3. The average molecular weight is 348 g/mol. The van der Waals surface area contributed by atoms with Crippen molar-refractivity contribution in [3.8, 4) is 0 Å².